The molecule has 12 nitrogen and oxygen atoms in total. The lowest BCUT2D eigenvalue weighted by molar-refractivity contribution is -0.145. The fourth-order valence-electron chi connectivity index (χ4n) is 3.75. The van der Waals surface area contributed by atoms with E-state index in [-0.39, 0.29) is 42.6 Å². The number of hydrogen-bond acceptors (Lipinski definition) is 6. The molecule has 3 N–H and O–H groups in total. The van der Waals surface area contributed by atoms with E-state index in [0.717, 1.165) is 25.7 Å². The molecule has 206 valence electrons. The molecule has 13 heteroatoms. The predicted molar refractivity (Wildman–Crippen MR) is 142 cm³/mol. The van der Waals surface area contributed by atoms with Crippen molar-refractivity contribution in [2.75, 3.05) is 45.2 Å². The first-order chi connectivity index (χ1) is 16.9. The molecule has 0 bridgehead atoms. The highest BCUT2D eigenvalue weighted by Gasteiger charge is 2.29. The van der Waals surface area contributed by atoms with Gasteiger partial charge < -0.3 is 30.4 Å². The Morgan fingerprint density at radius 2 is 1.22 bits per heavy atom. The monoisotopic (exact) mass is 625 g/mol. The first-order valence-electron chi connectivity index (χ1n) is 11.8. The van der Waals surface area contributed by atoms with Crippen LogP contribution < -0.4 is 10.6 Å². The van der Waals surface area contributed by atoms with Crippen LogP contribution in [-0.4, -0.2) is 113 Å². The van der Waals surface area contributed by atoms with Gasteiger partial charge in [-0.2, -0.15) is 0 Å². The number of amides is 5. The maximum atomic E-state index is 12.2. The van der Waals surface area contributed by atoms with Crippen molar-refractivity contribution in [1.82, 2.24) is 25.3 Å². The van der Waals surface area contributed by atoms with Crippen molar-refractivity contribution in [3.63, 3.8) is 0 Å². The van der Waals surface area contributed by atoms with E-state index in [1.54, 1.807) is 14.1 Å². The van der Waals surface area contributed by atoms with Crippen LogP contribution in [0.5, 0.6) is 0 Å². The average molecular weight is 626 g/mol. The third kappa shape index (κ3) is 13.0. The van der Waals surface area contributed by atoms with E-state index in [9.17, 15) is 28.8 Å². The lowest BCUT2D eigenvalue weighted by atomic mass is 10.1. The van der Waals surface area contributed by atoms with Gasteiger partial charge in [-0.1, -0.05) is 22.6 Å². The summed E-state index contributed by atoms with van der Waals surface area (Å²) in [6, 6.07) is -1.06. The zero-order valence-electron chi connectivity index (χ0n) is 21.8. The topological polar surface area (TPSA) is 156 Å². The molecular formula is C23H40IN5O7. The quantitative estimate of drug-likeness (QED) is 0.282. The molecular weight excluding hydrogens is 585 g/mol. The van der Waals surface area contributed by atoms with Crippen molar-refractivity contribution >= 4 is 58.1 Å². The fourth-order valence-corrected chi connectivity index (χ4v) is 3.75. The van der Waals surface area contributed by atoms with Gasteiger partial charge in [-0.15, -0.1) is 0 Å². The van der Waals surface area contributed by atoms with Gasteiger partial charge >= 0.3 is 5.97 Å². The third-order valence-corrected chi connectivity index (χ3v) is 5.47. The zero-order valence-corrected chi connectivity index (χ0v) is 24.0. The van der Waals surface area contributed by atoms with Crippen LogP contribution in [0.15, 0.2) is 0 Å². The second kappa shape index (κ2) is 17.9. The highest BCUT2D eigenvalue weighted by molar-refractivity contribution is 14.1. The Labute approximate surface area is 226 Å². The van der Waals surface area contributed by atoms with E-state index in [1.807, 2.05) is 4.93 Å². The number of nitrogens with zero attached hydrogens (tertiary/aromatic N) is 3. The Kier molecular flexibility index (Phi) is 16.7. The molecule has 5 amide bonds. The molecule has 2 fully saturated rings. The van der Waals surface area contributed by atoms with Crippen molar-refractivity contribution in [2.45, 2.75) is 64.5 Å². The number of carbonyl (C=O) groups is 6. The Hall–Kier alpha value is -2.45. The molecule has 0 aromatic rings. The molecule has 2 atom stereocenters. The van der Waals surface area contributed by atoms with E-state index in [4.69, 9.17) is 5.11 Å². The van der Waals surface area contributed by atoms with Crippen LogP contribution in [0.2, 0.25) is 0 Å². The lowest BCUT2D eigenvalue weighted by Crippen LogP contribution is -2.49. The summed E-state index contributed by atoms with van der Waals surface area (Å²) in [5.41, 5.74) is 0. The van der Waals surface area contributed by atoms with E-state index in [1.165, 1.54) is 28.5 Å². The molecule has 0 aromatic carbocycles. The molecule has 2 unspecified atom stereocenters. The number of carbonyl (C=O) groups excluding carboxylic acids is 5. The van der Waals surface area contributed by atoms with Crippen molar-refractivity contribution in [1.29, 1.82) is 0 Å². The summed E-state index contributed by atoms with van der Waals surface area (Å²) >= 11 is 2.15. The minimum absolute atomic E-state index is 0.0852. The number of carboxylic acids is 1. The van der Waals surface area contributed by atoms with Gasteiger partial charge in [-0.3, -0.25) is 28.8 Å². The van der Waals surface area contributed by atoms with Gasteiger partial charge in [0.1, 0.15) is 18.6 Å². The summed E-state index contributed by atoms with van der Waals surface area (Å²) in [5.74, 6) is -2.07. The Bertz CT molecular complexity index is 750. The average Bonchev–Trinajstić information content (AvgIpc) is 3.06. The van der Waals surface area contributed by atoms with Gasteiger partial charge in [0.25, 0.3) is 0 Å². The molecule has 2 aliphatic heterocycles. The van der Waals surface area contributed by atoms with Gasteiger partial charge in [0.05, 0.1) is 6.54 Å². The summed E-state index contributed by atoms with van der Waals surface area (Å²) in [6.07, 6.45) is 4.55. The summed E-state index contributed by atoms with van der Waals surface area (Å²) < 4.78 is 0. The van der Waals surface area contributed by atoms with Gasteiger partial charge in [0, 0.05) is 41.0 Å². The molecule has 0 radical (unpaired) electrons. The molecule has 2 aliphatic rings. The molecule has 0 aromatic heterocycles. The van der Waals surface area contributed by atoms with Crippen molar-refractivity contribution in [3.05, 3.63) is 0 Å². The van der Waals surface area contributed by atoms with E-state index in [2.05, 4.69) is 33.2 Å². The lowest BCUT2D eigenvalue weighted by Gasteiger charge is -2.25. The van der Waals surface area contributed by atoms with Crippen molar-refractivity contribution in [3.8, 4) is 0 Å². The molecule has 0 spiro atoms. The van der Waals surface area contributed by atoms with E-state index >= 15 is 0 Å². The number of rotatable bonds is 6. The second-order valence-corrected chi connectivity index (χ2v) is 8.70. The first kappa shape index (κ1) is 33.5. The second-order valence-electron chi connectivity index (χ2n) is 8.70. The van der Waals surface area contributed by atoms with Crippen LogP contribution >= 0.6 is 22.6 Å². The van der Waals surface area contributed by atoms with Crippen LogP contribution in [0.4, 0.5) is 0 Å². The van der Waals surface area contributed by atoms with Crippen molar-refractivity contribution < 1.29 is 33.9 Å². The SMILES string of the molecule is CC(=O)NC1CCCCN(CC(=O)N(C)C)C1=O.CC(=O)NC1CCCCN(CC(=O)O)C1=O.CI. The number of nitrogens with one attached hydrogen (secondary N) is 2. The largest absolute Gasteiger partial charge is 0.480 e. The highest BCUT2D eigenvalue weighted by Crippen LogP contribution is 2.13. The normalized spacial score (nSPS) is 19.8. The number of likely N-dealkylation sites (N-methyl/N-ethyl adjacent to an activating group) is 1. The number of likely N-dealkylation sites (tertiary alicyclic amines) is 2. The van der Waals surface area contributed by atoms with Crippen molar-refractivity contribution in [2.24, 2.45) is 0 Å². The molecule has 2 rings (SSSR count). The fraction of sp³-hybridized carbons (Fsp3) is 0.739. The van der Waals surface area contributed by atoms with Gasteiger partial charge in [0.15, 0.2) is 0 Å². The molecule has 2 saturated heterocycles. The van der Waals surface area contributed by atoms with Gasteiger partial charge in [-0.05, 0) is 43.5 Å². The summed E-state index contributed by atoms with van der Waals surface area (Å²) in [4.78, 5) is 74.5. The summed E-state index contributed by atoms with van der Waals surface area (Å²) in [5, 5.41) is 13.9. The summed E-state index contributed by atoms with van der Waals surface area (Å²) in [7, 11) is 3.33. The molecule has 0 aliphatic carbocycles. The number of carboxylic acid groups (broad SMARTS) is 1. The highest BCUT2D eigenvalue weighted by atomic mass is 127. The van der Waals surface area contributed by atoms with Crippen LogP contribution in [-0.2, 0) is 28.8 Å². The summed E-state index contributed by atoms with van der Waals surface area (Å²) in [6.45, 7) is 3.56. The number of alkyl halides is 1. The van der Waals surface area contributed by atoms with Crippen LogP contribution in [0.25, 0.3) is 0 Å². The first-order valence-corrected chi connectivity index (χ1v) is 14.0. The van der Waals surface area contributed by atoms with E-state index < -0.39 is 18.1 Å². The number of hydrogen-bond donors (Lipinski definition) is 3. The number of aliphatic carboxylic acids is 1. The molecule has 36 heavy (non-hydrogen) atoms. The van der Waals surface area contributed by atoms with Crippen LogP contribution in [0, 0.1) is 0 Å². The van der Waals surface area contributed by atoms with Gasteiger partial charge in [-0.25, -0.2) is 0 Å². The minimum Gasteiger partial charge on any atom is -0.480 e. The van der Waals surface area contributed by atoms with Crippen LogP contribution in [0.3, 0.4) is 0 Å². The Morgan fingerprint density at radius 1 is 0.833 bits per heavy atom. The minimum atomic E-state index is -1.03. The third-order valence-electron chi connectivity index (χ3n) is 5.47. The zero-order chi connectivity index (χ0) is 27.8. The van der Waals surface area contributed by atoms with E-state index in [0.29, 0.717) is 25.9 Å². The Balaban J connectivity index is 0.000000640. The molecule has 0 saturated carbocycles. The maximum Gasteiger partial charge on any atom is 0.323 e. The maximum absolute atomic E-state index is 12.2. The van der Waals surface area contributed by atoms with Crippen LogP contribution in [0.1, 0.15) is 52.4 Å². The number of halogens is 1. The molecule has 2 heterocycles. The van der Waals surface area contributed by atoms with Gasteiger partial charge in [0.2, 0.25) is 29.5 Å². The standard InChI is InChI=1S/C12H21N3O3.C10H16N2O4.CH3I/c1-9(16)13-10-6-4-5-7-15(12(10)18)8-11(17)14(2)3;1-7(13)11-8-4-2-3-5-12(10(8)16)6-9(14)15;1-2/h10H,4-8H2,1-3H3,(H,13,16);8H,2-6H2,1H3,(H,11,13)(H,14,15);1H3. The predicted octanol–water partition coefficient (Wildman–Crippen LogP) is 0.231. The Morgan fingerprint density at radius 3 is 1.56 bits per heavy atom. The smallest absolute Gasteiger partial charge is 0.323 e.